The second-order valence-corrected chi connectivity index (χ2v) is 6.63. The Bertz CT molecular complexity index is 944. The zero-order chi connectivity index (χ0) is 16.5. The van der Waals surface area contributed by atoms with Crippen molar-refractivity contribution < 1.29 is 0 Å². The van der Waals surface area contributed by atoms with Crippen molar-refractivity contribution in [3.05, 3.63) is 87.8 Å². The van der Waals surface area contributed by atoms with Crippen LogP contribution in [-0.4, -0.2) is 14.8 Å². The number of benzene rings is 2. The van der Waals surface area contributed by atoms with Gasteiger partial charge in [-0.25, -0.2) is 4.68 Å². The van der Waals surface area contributed by atoms with Crippen LogP contribution in [0.25, 0.3) is 5.69 Å². The third-order valence-electron chi connectivity index (χ3n) is 3.93. The van der Waals surface area contributed by atoms with E-state index in [0.717, 1.165) is 22.0 Å². The minimum Gasteiger partial charge on any atom is -0.295 e. The van der Waals surface area contributed by atoms with Gasteiger partial charge in [0, 0.05) is 11.3 Å². The number of aryl methyl sites for hydroxylation is 1. The van der Waals surface area contributed by atoms with E-state index in [-0.39, 0.29) is 10.9 Å². The van der Waals surface area contributed by atoms with Gasteiger partial charge in [0.1, 0.15) is 10.4 Å². The number of rotatable bonds is 3. The minimum absolute atomic E-state index is 0.0480. The maximum Gasteiger partial charge on any atom is 0.277 e. The molecular formula is C18H16N4OS. The Morgan fingerprint density at radius 2 is 1.71 bits per heavy atom. The molecule has 0 saturated heterocycles. The molecule has 0 aliphatic carbocycles. The van der Waals surface area contributed by atoms with Crippen LogP contribution in [0.4, 0.5) is 0 Å². The van der Waals surface area contributed by atoms with Gasteiger partial charge in [0.2, 0.25) is 0 Å². The van der Waals surface area contributed by atoms with E-state index >= 15 is 0 Å². The molecule has 4 rings (SSSR count). The van der Waals surface area contributed by atoms with Crippen LogP contribution >= 0.6 is 11.8 Å². The number of hydrogen-bond acceptors (Lipinski definition) is 4. The molecule has 3 aromatic rings. The van der Waals surface area contributed by atoms with Crippen LogP contribution in [0.15, 0.2) is 70.6 Å². The minimum atomic E-state index is -0.186. The highest BCUT2D eigenvalue weighted by molar-refractivity contribution is 8.14. The fourth-order valence-corrected chi connectivity index (χ4v) is 3.85. The molecule has 1 aromatic heterocycles. The molecule has 1 atom stereocenters. The zero-order valence-corrected chi connectivity index (χ0v) is 13.9. The summed E-state index contributed by atoms with van der Waals surface area (Å²) in [5.41, 5.74) is 6.46. The van der Waals surface area contributed by atoms with Crippen LogP contribution in [0.1, 0.15) is 22.2 Å². The average Bonchev–Trinajstić information content (AvgIpc) is 3.21. The summed E-state index contributed by atoms with van der Waals surface area (Å²) in [6.45, 7) is 1.92. The van der Waals surface area contributed by atoms with E-state index in [4.69, 9.17) is 0 Å². The normalized spacial score (nSPS) is 16.7. The highest BCUT2D eigenvalue weighted by Gasteiger charge is 2.28. The van der Waals surface area contributed by atoms with Crippen LogP contribution in [0.5, 0.6) is 0 Å². The summed E-state index contributed by atoms with van der Waals surface area (Å²) in [5, 5.41) is 8.27. The molecule has 0 radical (unpaired) electrons. The summed E-state index contributed by atoms with van der Waals surface area (Å²) >= 11 is 1.56. The zero-order valence-electron chi connectivity index (χ0n) is 13.1. The molecule has 0 bridgehead atoms. The fourth-order valence-electron chi connectivity index (χ4n) is 2.75. The molecule has 1 aliphatic heterocycles. The molecule has 2 heterocycles. The van der Waals surface area contributed by atoms with Gasteiger partial charge in [-0.2, -0.15) is 5.10 Å². The van der Waals surface area contributed by atoms with E-state index in [1.807, 2.05) is 67.6 Å². The van der Waals surface area contributed by atoms with Gasteiger partial charge in [-0.1, -0.05) is 60.3 Å². The molecular weight excluding hydrogens is 320 g/mol. The number of nitrogens with zero attached hydrogens (tertiary/aromatic N) is 2. The van der Waals surface area contributed by atoms with E-state index < -0.39 is 0 Å². The standard InChI is InChI=1S/C18H16N4OS/c1-12-15(18(23)22(21-12)14-10-6-3-7-11-14)17-20-19-16(24-17)13-8-4-2-5-9-13/h2-11,17,20-21H,1H3/t17-/m0/s1. The first kappa shape index (κ1) is 14.8. The van der Waals surface area contributed by atoms with E-state index in [1.54, 1.807) is 16.4 Å². The molecule has 0 amide bonds. The van der Waals surface area contributed by atoms with Crippen molar-refractivity contribution in [1.82, 2.24) is 15.2 Å². The van der Waals surface area contributed by atoms with Crippen LogP contribution in [0, 0.1) is 6.92 Å². The maximum atomic E-state index is 12.8. The Hall–Kier alpha value is -2.73. The Kier molecular flexibility index (Phi) is 3.74. The number of H-pyrrole nitrogens is 1. The van der Waals surface area contributed by atoms with Gasteiger partial charge in [-0.15, -0.1) is 0 Å². The summed E-state index contributed by atoms with van der Waals surface area (Å²) in [4.78, 5) is 12.8. The highest BCUT2D eigenvalue weighted by Crippen LogP contribution is 2.33. The molecule has 5 nitrogen and oxygen atoms in total. The van der Waals surface area contributed by atoms with Gasteiger partial charge in [0.25, 0.3) is 5.56 Å². The van der Waals surface area contributed by atoms with Gasteiger partial charge in [0.15, 0.2) is 0 Å². The predicted molar refractivity (Wildman–Crippen MR) is 97.6 cm³/mol. The van der Waals surface area contributed by atoms with Crippen LogP contribution in [0.2, 0.25) is 0 Å². The van der Waals surface area contributed by atoms with E-state index in [9.17, 15) is 4.79 Å². The number of nitrogens with one attached hydrogen (secondary N) is 2. The van der Waals surface area contributed by atoms with E-state index in [1.165, 1.54) is 0 Å². The van der Waals surface area contributed by atoms with Crippen molar-refractivity contribution in [2.24, 2.45) is 5.10 Å². The van der Waals surface area contributed by atoms with Crippen LogP contribution in [-0.2, 0) is 0 Å². The van der Waals surface area contributed by atoms with Crippen molar-refractivity contribution in [2.45, 2.75) is 12.3 Å². The first-order valence-corrected chi connectivity index (χ1v) is 8.54. The highest BCUT2D eigenvalue weighted by atomic mass is 32.2. The first-order chi connectivity index (χ1) is 11.7. The topological polar surface area (TPSA) is 62.2 Å². The summed E-state index contributed by atoms with van der Waals surface area (Å²) in [5.74, 6) is 0. The second kappa shape index (κ2) is 6.05. The number of thioether (sulfide) groups is 1. The lowest BCUT2D eigenvalue weighted by molar-refractivity contribution is 0.734. The summed E-state index contributed by atoms with van der Waals surface area (Å²) < 4.78 is 1.58. The number of hydrogen-bond donors (Lipinski definition) is 2. The van der Waals surface area contributed by atoms with Gasteiger partial charge < -0.3 is 0 Å². The maximum absolute atomic E-state index is 12.8. The van der Waals surface area contributed by atoms with Gasteiger partial charge in [-0.05, 0) is 19.1 Å². The Morgan fingerprint density at radius 1 is 1.04 bits per heavy atom. The lowest BCUT2D eigenvalue weighted by atomic mass is 10.2. The Balaban J connectivity index is 1.65. The van der Waals surface area contributed by atoms with Crippen molar-refractivity contribution in [3.8, 4) is 5.69 Å². The Morgan fingerprint density at radius 3 is 2.42 bits per heavy atom. The summed E-state index contributed by atoms with van der Waals surface area (Å²) in [7, 11) is 0. The molecule has 2 aromatic carbocycles. The van der Waals surface area contributed by atoms with Gasteiger partial charge in [0.05, 0.1) is 11.3 Å². The number of hydrazone groups is 1. The quantitative estimate of drug-likeness (QED) is 0.772. The molecule has 24 heavy (non-hydrogen) atoms. The molecule has 1 aliphatic rings. The first-order valence-electron chi connectivity index (χ1n) is 7.66. The fraction of sp³-hybridized carbons (Fsp3) is 0.111. The molecule has 120 valence electrons. The van der Waals surface area contributed by atoms with Crippen LogP contribution in [0.3, 0.4) is 0 Å². The second-order valence-electron chi connectivity index (χ2n) is 5.54. The van der Waals surface area contributed by atoms with Crippen molar-refractivity contribution in [1.29, 1.82) is 0 Å². The molecule has 0 saturated carbocycles. The summed E-state index contributed by atoms with van der Waals surface area (Å²) in [6, 6.07) is 19.5. The van der Waals surface area contributed by atoms with Crippen LogP contribution < -0.4 is 11.0 Å². The lowest BCUT2D eigenvalue weighted by Gasteiger charge is -2.06. The van der Waals surface area contributed by atoms with Crippen molar-refractivity contribution >= 4 is 16.8 Å². The monoisotopic (exact) mass is 336 g/mol. The third kappa shape index (κ3) is 2.55. The predicted octanol–water partition coefficient (Wildman–Crippen LogP) is 3.17. The van der Waals surface area contributed by atoms with E-state index in [2.05, 4.69) is 15.6 Å². The number of aromatic nitrogens is 2. The number of para-hydroxylation sites is 1. The largest absolute Gasteiger partial charge is 0.295 e. The van der Waals surface area contributed by atoms with Gasteiger partial charge in [-0.3, -0.25) is 15.3 Å². The molecule has 0 unspecified atom stereocenters. The smallest absolute Gasteiger partial charge is 0.277 e. The van der Waals surface area contributed by atoms with E-state index in [0.29, 0.717) is 5.56 Å². The molecule has 2 N–H and O–H groups in total. The Labute approximate surface area is 143 Å². The van der Waals surface area contributed by atoms with Crippen molar-refractivity contribution in [2.75, 3.05) is 0 Å². The van der Waals surface area contributed by atoms with Gasteiger partial charge >= 0.3 is 0 Å². The molecule has 0 fully saturated rings. The molecule has 0 spiro atoms. The van der Waals surface area contributed by atoms with Crippen molar-refractivity contribution in [3.63, 3.8) is 0 Å². The SMILES string of the molecule is Cc1[nH]n(-c2ccccc2)c(=O)c1[C@H]1NN=C(c2ccccc2)S1. The number of aromatic amines is 1. The molecule has 6 heteroatoms. The lowest BCUT2D eigenvalue weighted by Crippen LogP contribution is -2.21. The average molecular weight is 336 g/mol. The third-order valence-corrected chi connectivity index (χ3v) is 5.05. The summed E-state index contributed by atoms with van der Waals surface area (Å²) in [6.07, 6.45) is 0.